The molecule has 17 heavy (non-hydrogen) atoms. The Morgan fingerprint density at radius 2 is 2.00 bits per heavy atom. The summed E-state index contributed by atoms with van der Waals surface area (Å²) < 4.78 is 0. The van der Waals surface area contributed by atoms with Gasteiger partial charge in [0.25, 0.3) is 0 Å². The monoisotopic (exact) mass is 235 g/mol. The molecule has 2 aliphatic rings. The minimum Gasteiger partial charge on any atom is -0.314 e. The van der Waals surface area contributed by atoms with E-state index in [1.807, 2.05) is 4.80 Å². The second kappa shape index (κ2) is 5.12. The Bertz CT molecular complexity index is 350. The molecule has 0 aromatic carbocycles. The molecule has 0 radical (unpaired) electrons. The average molecular weight is 235 g/mol. The topological polar surface area (TPSA) is 55.6 Å². The van der Waals surface area contributed by atoms with Gasteiger partial charge in [0.1, 0.15) is 0 Å². The number of rotatable bonds is 3. The van der Waals surface area contributed by atoms with Gasteiger partial charge in [0.2, 0.25) is 0 Å². The Hall–Kier alpha value is -0.970. The van der Waals surface area contributed by atoms with Gasteiger partial charge in [0.15, 0.2) is 5.82 Å². The van der Waals surface area contributed by atoms with Crippen LogP contribution in [0, 0.1) is 0 Å². The van der Waals surface area contributed by atoms with E-state index in [9.17, 15) is 0 Å². The molecule has 1 aromatic rings. The zero-order valence-electron chi connectivity index (χ0n) is 10.3. The molecule has 2 heterocycles. The van der Waals surface area contributed by atoms with E-state index in [4.69, 9.17) is 0 Å². The second-order valence-corrected chi connectivity index (χ2v) is 5.32. The van der Waals surface area contributed by atoms with Crippen molar-refractivity contribution in [3.05, 3.63) is 5.82 Å². The molecular formula is C12H21N5. The lowest BCUT2D eigenvalue weighted by Crippen LogP contribution is -2.24. The summed E-state index contributed by atoms with van der Waals surface area (Å²) >= 11 is 0. The summed E-state index contributed by atoms with van der Waals surface area (Å²) in [6.45, 7) is 1.14. The Morgan fingerprint density at radius 1 is 1.12 bits per heavy atom. The minimum atomic E-state index is 0.501. The third-order valence-corrected chi connectivity index (χ3v) is 3.96. The predicted octanol–water partition coefficient (Wildman–Crippen LogP) is 1.47. The van der Waals surface area contributed by atoms with Gasteiger partial charge >= 0.3 is 0 Å². The van der Waals surface area contributed by atoms with Gasteiger partial charge in [-0.3, -0.25) is 0 Å². The molecule has 5 heteroatoms. The van der Waals surface area contributed by atoms with E-state index in [-0.39, 0.29) is 0 Å². The highest BCUT2D eigenvalue weighted by molar-refractivity contribution is 4.88. The van der Waals surface area contributed by atoms with Crippen molar-refractivity contribution in [1.82, 2.24) is 25.5 Å². The normalized spacial score (nSPS) is 26.5. The van der Waals surface area contributed by atoms with Gasteiger partial charge in [-0.25, -0.2) is 0 Å². The molecule has 0 amide bonds. The first kappa shape index (κ1) is 11.1. The second-order valence-electron chi connectivity index (χ2n) is 5.32. The van der Waals surface area contributed by atoms with Gasteiger partial charge in [0, 0.05) is 12.5 Å². The lowest BCUT2D eigenvalue weighted by molar-refractivity contribution is 0.296. The predicted molar refractivity (Wildman–Crippen MR) is 64.7 cm³/mol. The highest BCUT2D eigenvalue weighted by Crippen LogP contribution is 2.26. The maximum atomic E-state index is 4.55. The quantitative estimate of drug-likeness (QED) is 0.862. The number of nitrogens with zero attached hydrogens (tertiary/aromatic N) is 4. The first-order valence-electron chi connectivity index (χ1n) is 6.93. The molecule has 1 saturated carbocycles. The zero-order valence-corrected chi connectivity index (χ0v) is 10.3. The van der Waals surface area contributed by atoms with Crippen LogP contribution in [0.1, 0.15) is 56.8 Å². The van der Waals surface area contributed by atoms with E-state index < -0.39 is 0 Å². The highest BCUT2D eigenvalue weighted by Gasteiger charge is 2.20. The molecule has 1 aliphatic carbocycles. The minimum absolute atomic E-state index is 0.501. The summed E-state index contributed by atoms with van der Waals surface area (Å²) in [6.07, 6.45) is 9.89. The van der Waals surface area contributed by atoms with Crippen molar-refractivity contribution < 1.29 is 0 Å². The summed E-state index contributed by atoms with van der Waals surface area (Å²) in [7, 11) is 0. The molecule has 94 valence electrons. The molecule has 3 rings (SSSR count). The third-order valence-electron chi connectivity index (χ3n) is 3.96. The van der Waals surface area contributed by atoms with Crippen LogP contribution < -0.4 is 5.32 Å². The fraction of sp³-hybridized carbons (Fsp3) is 0.917. The molecule has 0 spiro atoms. The van der Waals surface area contributed by atoms with Crippen molar-refractivity contribution in [3.63, 3.8) is 0 Å². The van der Waals surface area contributed by atoms with E-state index in [1.54, 1.807) is 0 Å². The van der Waals surface area contributed by atoms with E-state index in [0.29, 0.717) is 12.1 Å². The van der Waals surface area contributed by atoms with E-state index >= 15 is 0 Å². The molecule has 1 N–H and O–H groups in total. The van der Waals surface area contributed by atoms with E-state index in [1.165, 1.54) is 44.9 Å². The average Bonchev–Trinajstić information content (AvgIpc) is 3.02. The molecule has 1 saturated heterocycles. The van der Waals surface area contributed by atoms with Crippen LogP contribution in [-0.4, -0.2) is 32.8 Å². The maximum absolute atomic E-state index is 4.55. The van der Waals surface area contributed by atoms with Crippen molar-refractivity contribution in [3.8, 4) is 0 Å². The van der Waals surface area contributed by atoms with Crippen LogP contribution in [0.2, 0.25) is 0 Å². The lowest BCUT2D eigenvalue weighted by atomic mass is 9.96. The van der Waals surface area contributed by atoms with Gasteiger partial charge in [-0.2, -0.15) is 4.80 Å². The molecule has 1 atom stereocenters. The standard InChI is InChI=1S/C12H21N5/c1-2-6-11(7-3-1)17-15-12(14-16-17)9-10-5-4-8-13-10/h10-11,13H,1-9H2. The Morgan fingerprint density at radius 3 is 2.76 bits per heavy atom. The number of aromatic nitrogens is 4. The Kier molecular flexibility index (Phi) is 3.36. The molecule has 1 unspecified atom stereocenters. The lowest BCUT2D eigenvalue weighted by Gasteiger charge is -2.19. The SMILES string of the molecule is C1CCC(n2nnc(CC3CCCN3)n2)CC1. The van der Waals surface area contributed by atoms with Crippen molar-refractivity contribution in [2.75, 3.05) is 6.54 Å². The van der Waals surface area contributed by atoms with Crippen LogP contribution in [0.15, 0.2) is 0 Å². The van der Waals surface area contributed by atoms with Gasteiger partial charge < -0.3 is 5.32 Å². The smallest absolute Gasteiger partial charge is 0.176 e. The van der Waals surface area contributed by atoms with Crippen LogP contribution in [0.3, 0.4) is 0 Å². The summed E-state index contributed by atoms with van der Waals surface area (Å²) in [4.78, 5) is 1.86. The molecular weight excluding hydrogens is 214 g/mol. The highest BCUT2D eigenvalue weighted by atomic mass is 15.6. The van der Waals surface area contributed by atoms with Crippen molar-refractivity contribution in [1.29, 1.82) is 0 Å². The third kappa shape index (κ3) is 2.65. The van der Waals surface area contributed by atoms with E-state index in [0.717, 1.165) is 18.8 Å². The zero-order chi connectivity index (χ0) is 11.5. The van der Waals surface area contributed by atoms with Gasteiger partial charge in [-0.1, -0.05) is 19.3 Å². The fourth-order valence-corrected chi connectivity index (χ4v) is 2.96. The first-order chi connectivity index (χ1) is 8.42. The molecule has 1 aliphatic heterocycles. The summed E-state index contributed by atoms with van der Waals surface area (Å²) in [5.74, 6) is 0.912. The van der Waals surface area contributed by atoms with Crippen LogP contribution in [0.4, 0.5) is 0 Å². The largest absolute Gasteiger partial charge is 0.314 e. The first-order valence-corrected chi connectivity index (χ1v) is 6.93. The van der Waals surface area contributed by atoms with Crippen molar-refractivity contribution in [2.24, 2.45) is 0 Å². The van der Waals surface area contributed by atoms with Gasteiger partial charge in [0.05, 0.1) is 6.04 Å². The molecule has 0 bridgehead atoms. The maximum Gasteiger partial charge on any atom is 0.176 e. The van der Waals surface area contributed by atoms with Crippen molar-refractivity contribution >= 4 is 0 Å². The molecule has 1 aromatic heterocycles. The number of tetrazole rings is 1. The number of hydrogen-bond acceptors (Lipinski definition) is 4. The fourth-order valence-electron chi connectivity index (χ4n) is 2.96. The summed E-state index contributed by atoms with van der Waals surface area (Å²) in [5, 5.41) is 16.5. The summed E-state index contributed by atoms with van der Waals surface area (Å²) in [6, 6.07) is 1.07. The van der Waals surface area contributed by atoms with Crippen LogP contribution in [0.5, 0.6) is 0 Å². The van der Waals surface area contributed by atoms with Crippen LogP contribution >= 0.6 is 0 Å². The number of hydrogen-bond donors (Lipinski definition) is 1. The summed E-state index contributed by atoms with van der Waals surface area (Å²) in [5.41, 5.74) is 0. The van der Waals surface area contributed by atoms with Crippen LogP contribution in [0.25, 0.3) is 0 Å². The van der Waals surface area contributed by atoms with Crippen LogP contribution in [-0.2, 0) is 6.42 Å². The molecule has 5 nitrogen and oxygen atoms in total. The van der Waals surface area contributed by atoms with Gasteiger partial charge in [-0.15, -0.1) is 10.2 Å². The molecule has 2 fully saturated rings. The van der Waals surface area contributed by atoms with E-state index in [2.05, 4.69) is 20.7 Å². The number of nitrogens with one attached hydrogen (secondary N) is 1. The van der Waals surface area contributed by atoms with Crippen molar-refractivity contribution in [2.45, 2.75) is 63.5 Å². The van der Waals surface area contributed by atoms with Gasteiger partial charge in [-0.05, 0) is 37.4 Å². The Balaban J connectivity index is 1.60. The Labute approximate surface area is 102 Å².